The Balaban J connectivity index is 1.30. The zero-order valence-corrected chi connectivity index (χ0v) is 22.0. The van der Waals surface area contributed by atoms with Crippen molar-refractivity contribution >= 4 is 17.7 Å². The van der Waals surface area contributed by atoms with Crippen LogP contribution in [0.5, 0.6) is 0 Å². The first kappa shape index (κ1) is 24.8. The third kappa shape index (κ3) is 5.00. The summed E-state index contributed by atoms with van der Waals surface area (Å²) >= 11 is 0. The molecule has 0 aliphatic carbocycles. The molecule has 3 heterocycles. The Labute approximate surface area is 214 Å². The van der Waals surface area contributed by atoms with Gasteiger partial charge in [-0.1, -0.05) is 30.3 Å². The zero-order valence-electron chi connectivity index (χ0n) is 22.0. The van der Waals surface area contributed by atoms with E-state index >= 15 is 0 Å². The van der Waals surface area contributed by atoms with E-state index in [4.69, 9.17) is 4.74 Å². The van der Waals surface area contributed by atoms with Gasteiger partial charge in [0.1, 0.15) is 5.60 Å². The number of carbonyl (C=O) groups excluding carboxylic acids is 2. The highest BCUT2D eigenvalue weighted by molar-refractivity contribution is 6.07. The minimum Gasteiger partial charge on any atom is -0.444 e. The van der Waals surface area contributed by atoms with Gasteiger partial charge in [0, 0.05) is 51.5 Å². The minimum atomic E-state index is -0.574. The Morgan fingerprint density at radius 3 is 2.36 bits per heavy atom. The van der Waals surface area contributed by atoms with Crippen LogP contribution in [0.25, 0.3) is 11.1 Å². The summed E-state index contributed by atoms with van der Waals surface area (Å²) in [6, 6.07) is 15.1. The van der Waals surface area contributed by atoms with Crippen molar-refractivity contribution in [2.24, 2.45) is 0 Å². The average molecular weight is 491 g/mol. The molecule has 0 saturated carbocycles. The molecular formula is C29H38N4O3. The summed E-state index contributed by atoms with van der Waals surface area (Å²) in [7, 11) is 2.18. The van der Waals surface area contributed by atoms with Gasteiger partial charge in [0.2, 0.25) is 5.91 Å². The van der Waals surface area contributed by atoms with Crippen molar-refractivity contribution in [3.05, 3.63) is 53.6 Å². The van der Waals surface area contributed by atoms with E-state index in [9.17, 15) is 9.59 Å². The summed E-state index contributed by atoms with van der Waals surface area (Å²) in [6.07, 6.45) is 0.901. The topological polar surface area (TPSA) is 65.1 Å². The number of likely N-dealkylation sites (N-methyl/N-ethyl adjacent to an activating group) is 1. The van der Waals surface area contributed by atoms with Crippen LogP contribution in [0.1, 0.15) is 44.7 Å². The first-order chi connectivity index (χ1) is 17.1. The number of ether oxygens (including phenoxy) is 1. The van der Waals surface area contributed by atoms with Crippen molar-refractivity contribution in [3.8, 4) is 11.1 Å². The molecule has 2 amide bonds. The Bertz CT molecular complexity index is 1140. The number of hydrogen-bond acceptors (Lipinski definition) is 5. The van der Waals surface area contributed by atoms with E-state index in [1.54, 1.807) is 4.90 Å². The second-order valence-corrected chi connectivity index (χ2v) is 11.5. The lowest BCUT2D eigenvalue weighted by atomic mass is 9.73. The molecule has 0 aromatic heterocycles. The largest absolute Gasteiger partial charge is 0.444 e. The van der Waals surface area contributed by atoms with Gasteiger partial charge in [-0.2, -0.15) is 0 Å². The van der Waals surface area contributed by atoms with Crippen molar-refractivity contribution in [3.63, 3.8) is 0 Å². The number of likely N-dealkylation sites (tertiary alicyclic amines) is 1. The molecule has 2 fully saturated rings. The predicted molar refractivity (Wildman–Crippen MR) is 142 cm³/mol. The predicted octanol–water partition coefficient (Wildman–Crippen LogP) is 4.32. The summed E-state index contributed by atoms with van der Waals surface area (Å²) in [6.45, 7) is 12.0. The smallest absolute Gasteiger partial charge is 0.410 e. The SMILES string of the molecule is CN1CCN(Cc2cccc(-c3ccc4c(c3)NC(=O)C43CCN(C(=O)OC(C)(C)C)CC3)c2)CC1. The number of fused-ring (bicyclic) bond motifs is 2. The van der Waals surface area contributed by atoms with Crippen LogP contribution in [0, 0.1) is 0 Å². The molecule has 1 N–H and O–H groups in total. The molecule has 0 atom stereocenters. The summed E-state index contributed by atoms with van der Waals surface area (Å²) in [4.78, 5) is 32.3. The third-order valence-corrected chi connectivity index (χ3v) is 7.75. The lowest BCUT2D eigenvalue weighted by Gasteiger charge is -2.38. The van der Waals surface area contributed by atoms with Gasteiger partial charge in [0.25, 0.3) is 0 Å². The molecule has 1 spiro atoms. The molecular weight excluding hydrogens is 452 g/mol. The van der Waals surface area contributed by atoms with Crippen LogP contribution in [-0.4, -0.2) is 78.6 Å². The maximum Gasteiger partial charge on any atom is 0.410 e. The molecule has 2 aromatic rings. The summed E-state index contributed by atoms with van der Waals surface area (Å²) in [5, 5.41) is 3.15. The number of anilines is 1. The van der Waals surface area contributed by atoms with Crippen molar-refractivity contribution in [1.82, 2.24) is 14.7 Å². The highest BCUT2D eigenvalue weighted by atomic mass is 16.6. The molecule has 0 unspecified atom stereocenters. The first-order valence-corrected chi connectivity index (χ1v) is 13.1. The number of piperidine rings is 1. The molecule has 0 radical (unpaired) electrons. The second-order valence-electron chi connectivity index (χ2n) is 11.5. The van der Waals surface area contributed by atoms with Gasteiger partial charge >= 0.3 is 6.09 Å². The molecule has 0 bridgehead atoms. The quantitative estimate of drug-likeness (QED) is 0.694. The van der Waals surface area contributed by atoms with Gasteiger partial charge in [0.05, 0.1) is 5.41 Å². The Morgan fingerprint density at radius 2 is 1.67 bits per heavy atom. The van der Waals surface area contributed by atoms with Crippen molar-refractivity contribution < 1.29 is 14.3 Å². The zero-order chi connectivity index (χ0) is 25.5. The summed E-state index contributed by atoms with van der Waals surface area (Å²) in [5.41, 5.74) is 4.43. The van der Waals surface area contributed by atoms with E-state index in [-0.39, 0.29) is 12.0 Å². The van der Waals surface area contributed by atoms with E-state index in [0.717, 1.165) is 49.5 Å². The number of benzene rings is 2. The highest BCUT2D eigenvalue weighted by Gasteiger charge is 2.49. The van der Waals surface area contributed by atoms with E-state index in [2.05, 4.69) is 64.6 Å². The molecule has 7 nitrogen and oxygen atoms in total. The van der Waals surface area contributed by atoms with Crippen LogP contribution in [-0.2, 0) is 21.5 Å². The van der Waals surface area contributed by atoms with Crippen LogP contribution < -0.4 is 5.32 Å². The number of hydrogen-bond donors (Lipinski definition) is 1. The lowest BCUT2D eigenvalue weighted by molar-refractivity contribution is -0.122. The number of piperazine rings is 1. The average Bonchev–Trinajstić information content (AvgIpc) is 3.10. The fourth-order valence-electron chi connectivity index (χ4n) is 5.62. The number of nitrogens with one attached hydrogen (secondary N) is 1. The highest BCUT2D eigenvalue weighted by Crippen LogP contribution is 2.46. The molecule has 2 aromatic carbocycles. The Morgan fingerprint density at radius 1 is 0.972 bits per heavy atom. The van der Waals surface area contributed by atoms with Crippen LogP contribution in [0.2, 0.25) is 0 Å². The van der Waals surface area contributed by atoms with E-state index in [0.29, 0.717) is 25.9 Å². The maximum absolute atomic E-state index is 13.2. The van der Waals surface area contributed by atoms with Crippen LogP contribution in [0.4, 0.5) is 10.5 Å². The van der Waals surface area contributed by atoms with Crippen LogP contribution in [0.3, 0.4) is 0 Å². The first-order valence-electron chi connectivity index (χ1n) is 13.1. The normalized spacial score (nSPS) is 20.3. The molecule has 36 heavy (non-hydrogen) atoms. The lowest BCUT2D eigenvalue weighted by Crippen LogP contribution is -2.49. The fraction of sp³-hybridized carbons (Fsp3) is 0.517. The second kappa shape index (κ2) is 9.52. The molecule has 3 aliphatic heterocycles. The molecule has 3 aliphatic rings. The number of carbonyl (C=O) groups is 2. The van der Waals surface area contributed by atoms with Crippen molar-refractivity contribution in [2.45, 2.75) is 51.2 Å². The van der Waals surface area contributed by atoms with Gasteiger partial charge in [-0.05, 0) is 75.0 Å². The number of amides is 2. The molecule has 5 rings (SSSR count). The van der Waals surface area contributed by atoms with Gasteiger partial charge < -0.3 is 19.9 Å². The minimum absolute atomic E-state index is 0.0438. The number of nitrogens with zero attached hydrogens (tertiary/aromatic N) is 3. The van der Waals surface area contributed by atoms with Gasteiger partial charge in [0.15, 0.2) is 0 Å². The maximum atomic E-state index is 13.2. The van der Waals surface area contributed by atoms with E-state index < -0.39 is 11.0 Å². The van der Waals surface area contributed by atoms with Crippen molar-refractivity contribution in [1.29, 1.82) is 0 Å². The Hall–Kier alpha value is -2.90. The van der Waals surface area contributed by atoms with Gasteiger partial charge in [-0.3, -0.25) is 9.69 Å². The van der Waals surface area contributed by atoms with Gasteiger partial charge in [-0.15, -0.1) is 0 Å². The number of rotatable bonds is 3. The molecule has 192 valence electrons. The van der Waals surface area contributed by atoms with Crippen LogP contribution in [0.15, 0.2) is 42.5 Å². The molecule has 2 saturated heterocycles. The van der Waals surface area contributed by atoms with Gasteiger partial charge in [-0.25, -0.2) is 4.79 Å². The Kier molecular flexibility index (Phi) is 6.55. The summed E-state index contributed by atoms with van der Waals surface area (Å²) < 4.78 is 5.53. The third-order valence-electron chi connectivity index (χ3n) is 7.75. The standard InChI is InChI=1S/C29H38N4O3/c1-28(2,3)36-27(35)33-12-10-29(11-13-33)24-9-8-23(19-25(24)30-26(29)34)22-7-5-6-21(18-22)20-32-16-14-31(4)15-17-32/h5-9,18-19H,10-17,20H2,1-4H3,(H,30,34). The monoisotopic (exact) mass is 490 g/mol. The summed E-state index contributed by atoms with van der Waals surface area (Å²) in [5.74, 6) is 0.0438. The van der Waals surface area contributed by atoms with Crippen molar-refractivity contribution in [2.75, 3.05) is 51.6 Å². The fourth-order valence-corrected chi connectivity index (χ4v) is 5.62. The van der Waals surface area contributed by atoms with Crippen LogP contribution >= 0.6 is 0 Å². The molecule has 7 heteroatoms. The van der Waals surface area contributed by atoms with E-state index in [1.807, 2.05) is 20.8 Å². The van der Waals surface area contributed by atoms with E-state index in [1.165, 1.54) is 11.1 Å².